The number of rotatable bonds is 6. The van der Waals surface area contributed by atoms with E-state index in [0.29, 0.717) is 30.8 Å². The van der Waals surface area contributed by atoms with Gasteiger partial charge in [-0.3, -0.25) is 4.79 Å². The highest BCUT2D eigenvalue weighted by molar-refractivity contribution is 7.89. The van der Waals surface area contributed by atoms with Gasteiger partial charge < -0.3 is 10.1 Å². The van der Waals surface area contributed by atoms with Crippen LogP contribution in [0, 0.1) is 19.8 Å². The molecule has 1 N–H and O–H groups in total. The second kappa shape index (κ2) is 9.62. The summed E-state index contributed by atoms with van der Waals surface area (Å²) in [4.78, 5) is 17.7. The molecule has 1 saturated heterocycles. The lowest BCUT2D eigenvalue weighted by atomic mass is 9.98. The Morgan fingerprint density at radius 2 is 2.03 bits per heavy atom. The molecule has 33 heavy (non-hydrogen) atoms. The molecular formula is C24H27N3O4S2. The normalized spacial score (nSPS) is 17.0. The van der Waals surface area contributed by atoms with E-state index >= 15 is 0 Å². The van der Waals surface area contributed by atoms with E-state index in [2.05, 4.69) is 10.3 Å². The number of aromatic nitrogens is 1. The van der Waals surface area contributed by atoms with Crippen molar-refractivity contribution in [3.63, 3.8) is 0 Å². The molecule has 0 bridgehead atoms. The van der Waals surface area contributed by atoms with Crippen LogP contribution in [-0.2, 0) is 14.8 Å². The zero-order valence-electron chi connectivity index (χ0n) is 18.9. The predicted octanol–water partition coefficient (Wildman–Crippen LogP) is 4.47. The van der Waals surface area contributed by atoms with E-state index in [1.54, 1.807) is 36.6 Å². The number of anilines is 1. The highest BCUT2D eigenvalue weighted by Gasteiger charge is 2.33. The minimum atomic E-state index is -3.70. The highest BCUT2D eigenvalue weighted by atomic mass is 32.2. The number of nitrogens with one attached hydrogen (secondary N) is 1. The molecule has 1 aliphatic heterocycles. The average molecular weight is 486 g/mol. The standard InChI is InChI=1S/C24H27N3O4S2/c1-16-12-21(9-10-23(16)31-3)33(29,30)27-11-5-7-19(14-27)24(28)26-20-8-4-6-18(13-20)22-15-32-17(2)25-22/h4,6,8-10,12-13,15,19H,5,7,11,14H2,1-3H3,(H,26,28)/t19-/m0/s1. The van der Waals surface area contributed by atoms with E-state index in [9.17, 15) is 13.2 Å². The Labute approximate surface area is 198 Å². The molecule has 1 amide bonds. The molecule has 0 saturated carbocycles. The minimum absolute atomic E-state index is 0.157. The third-order valence-corrected chi connectivity index (χ3v) is 8.44. The van der Waals surface area contributed by atoms with Crippen molar-refractivity contribution in [3.8, 4) is 17.0 Å². The summed E-state index contributed by atoms with van der Waals surface area (Å²) in [6.45, 7) is 4.32. The molecule has 174 valence electrons. The molecule has 2 heterocycles. The molecule has 0 spiro atoms. The van der Waals surface area contributed by atoms with Crippen molar-refractivity contribution in [1.82, 2.24) is 9.29 Å². The van der Waals surface area contributed by atoms with Crippen LogP contribution in [-0.4, -0.2) is 43.8 Å². The fraction of sp³-hybridized carbons (Fsp3) is 0.333. The van der Waals surface area contributed by atoms with Gasteiger partial charge in [0, 0.05) is 29.7 Å². The summed E-state index contributed by atoms with van der Waals surface area (Å²) in [5, 5.41) is 5.93. The van der Waals surface area contributed by atoms with Crippen LogP contribution < -0.4 is 10.1 Å². The Balaban J connectivity index is 1.47. The zero-order chi connectivity index (χ0) is 23.6. The van der Waals surface area contributed by atoms with E-state index in [1.165, 1.54) is 4.31 Å². The Bertz CT molecular complexity index is 1270. The Morgan fingerprint density at radius 1 is 1.21 bits per heavy atom. The maximum atomic E-state index is 13.2. The Morgan fingerprint density at radius 3 is 2.73 bits per heavy atom. The van der Waals surface area contributed by atoms with E-state index in [-0.39, 0.29) is 17.3 Å². The second-order valence-corrected chi connectivity index (χ2v) is 11.2. The van der Waals surface area contributed by atoms with Crippen molar-refractivity contribution in [3.05, 3.63) is 58.4 Å². The van der Waals surface area contributed by atoms with Crippen LogP contribution in [0.5, 0.6) is 5.75 Å². The molecule has 1 atom stereocenters. The first kappa shape index (κ1) is 23.4. The van der Waals surface area contributed by atoms with Gasteiger partial charge in [-0.2, -0.15) is 4.31 Å². The molecule has 7 nitrogen and oxygen atoms in total. The van der Waals surface area contributed by atoms with Crippen molar-refractivity contribution >= 4 is 33.0 Å². The van der Waals surface area contributed by atoms with E-state index in [1.807, 2.05) is 43.5 Å². The van der Waals surface area contributed by atoms with Gasteiger partial charge >= 0.3 is 0 Å². The highest BCUT2D eigenvalue weighted by Crippen LogP contribution is 2.29. The first-order valence-electron chi connectivity index (χ1n) is 10.8. The lowest BCUT2D eigenvalue weighted by Gasteiger charge is -2.31. The van der Waals surface area contributed by atoms with Gasteiger partial charge in [0.05, 0.1) is 28.6 Å². The summed E-state index contributed by atoms with van der Waals surface area (Å²) in [5.41, 5.74) is 3.23. The average Bonchev–Trinajstić information content (AvgIpc) is 3.25. The second-order valence-electron chi connectivity index (χ2n) is 8.16. The van der Waals surface area contributed by atoms with E-state index < -0.39 is 15.9 Å². The van der Waals surface area contributed by atoms with Crippen molar-refractivity contribution < 1.29 is 17.9 Å². The molecule has 1 aliphatic rings. The predicted molar refractivity (Wildman–Crippen MR) is 130 cm³/mol. The lowest BCUT2D eigenvalue weighted by molar-refractivity contribution is -0.120. The number of amides is 1. The summed E-state index contributed by atoms with van der Waals surface area (Å²) >= 11 is 1.58. The van der Waals surface area contributed by atoms with Gasteiger partial charge in [0.15, 0.2) is 0 Å². The first-order chi connectivity index (χ1) is 15.8. The molecule has 4 rings (SSSR count). The largest absolute Gasteiger partial charge is 0.496 e. The number of methoxy groups -OCH3 is 1. The number of thiazole rings is 1. The molecule has 0 unspecified atom stereocenters. The monoisotopic (exact) mass is 485 g/mol. The number of carbonyl (C=O) groups is 1. The number of carbonyl (C=O) groups excluding carboxylic acids is 1. The number of hydrogen-bond acceptors (Lipinski definition) is 6. The van der Waals surface area contributed by atoms with Crippen molar-refractivity contribution in [1.29, 1.82) is 0 Å². The molecule has 0 radical (unpaired) electrons. The number of piperidine rings is 1. The number of sulfonamides is 1. The van der Waals surface area contributed by atoms with Gasteiger partial charge in [-0.25, -0.2) is 13.4 Å². The van der Waals surface area contributed by atoms with Crippen LogP contribution in [0.4, 0.5) is 5.69 Å². The van der Waals surface area contributed by atoms with Crippen LogP contribution in [0.25, 0.3) is 11.3 Å². The van der Waals surface area contributed by atoms with Gasteiger partial charge in [-0.15, -0.1) is 11.3 Å². The van der Waals surface area contributed by atoms with Gasteiger partial charge in [-0.1, -0.05) is 12.1 Å². The van der Waals surface area contributed by atoms with E-state index in [0.717, 1.165) is 21.8 Å². The quantitative estimate of drug-likeness (QED) is 0.556. The van der Waals surface area contributed by atoms with Crippen LogP contribution in [0.1, 0.15) is 23.4 Å². The summed E-state index contributed by atoms with van der Waals surface area (Å²) < 4.78 is 33.1. The number of hydrogen-bond donors (Lipinski definition) is 1. The van der Waals surface area contributed by atoms with E-state index in [4.69, 9.17) is 4.74 Å². The fourth-order valence-electron chi connectivity index (χ4n) is 4.03. The molecular weight excluding hydrogens is 458 g/mol. The van der Waals surface area contributed by atoms with Crippen molar-refractivity contribution in [2.75, 3.05) is 25.5 Å². The molecule has 1 aromatic heterocycles. The SMILES string of the molecule is COc1ccc(S(=O)(=O)N2CCC[C@H](C(=O)Nc3cccc(-c4csc(C)n4)c3)C2)cc1C. The number of ether oxygens (including phenoxy) is 1. The van der Waals surface area contributed by atoms with Gasteiger partial charge in [-0.05, 0) is 62.6 Å². The number of aryl methyl sites for hydroxylation is 2. The maximum absolute atomic E-state index is 13.2. The van der Waals surface area contributed by atoms with Crippen LogP contribution in [0.3, 0.4) is 0 Å². The van der Waals surface area contributed by atoms with Crippen molar-refractivity contribution in [2.24, 2.45) is 5.92 Å². The summed E-state index contributed by atoms with van der Waals surface area (Å²) in [7, 11) is -2.15. The van der Waals surface area contributed by atoms with Gasteiger partial charge in [0.2, 0.25) is 15.9 Å². The number of benzene rings is 2. The molecule has 2 aromatic carbocycles. The molecule has 3 aromatic rings. The number of nitrogens with zero attached hydrogens (tertiary/aromatic N) is 2. The Kier molecular flexibility index (Phi) is 6.83. The zero-order valence-corrected chi connectivity index (χ0v) is 20.5. The summed E-state index contributed by atoms with van der Waals surface area (Å²) in [6, 6.07) is 12.4. The summed E-state index contributed by atoms with van der Waals surface area (Å²) in [5.74, 6) is 0.0466. The third-order valence-electron chi connectivity index (χ3n) is 5.80. The summed E-state index contributed by atoms with van der Waals surface area (Å²) in [6.07, 6.45) is 1.27. The molecule has 0 aliphatic carbocycles. The minimum Gasteiger partial charge on any atom is -0.496 e. The van der Waals surface area contributed by atoms with Crippen LogP contribution in [0.15, 0.2) is 52.7 Å². The maximum Gasteiger partial charge on any atom is 0.243 e. The first-order valence-corrected chi connectivity index (χ1v) is 13.1. The smallest absolute Gasteiger partial charge is 0.243 e. The Hall–Kier alpha value is -2.75. The molecule has 9 heteroatoms. The van der Waals surface area contributed by atoms with Crippen molar-refractivity contribution in [2.45, 2.75) is 31.6 Å². The fourth-order valence-corrected chi connectivity index (χ4v) is 6.26. The lowest BCUT2D eigenvalue weighted by Crippen LogP contribution is -2.43. The van der Waals surface area contributed by atoms with Gasteiger partial charge in [0.1, 0.15) is 5.75 Å². The van der Waals surface area contributed by atoms with Gasteiger partial charge in [0.25, 0.3) is 0 Å². The topological polar surface area (TPSA) is 88.6 Å². The third kappa shape index (κ3) is 5.10. The van der Waals surface area contributed by atoms with Crippen LogP contribution >= 0.6 is 11.3 Å². The van der Waals surface area contributed by atoms with Crippen LogP contribution in [0.2, 0.25) is 0 Å². The molecule has 1 fully saturated rings.